The first-order valence-corrected chi connectivity index (χ1v) is 13.0. The van der Waals surface area contributed by atoms with Crippen molar-refractivity contribution in [3.8, 4) is 17.2 Å². The van der Waals surface area contributed by atoms with Gasteiger partial charge in [0.1, 0.15) is 18.9 Å². The van der Waals surface area contributed by atoms with Gasteiger partial charge in [-0.25, -0.2) is 0 Å². The summed E-state index contributed by atoms with van der Waals surface area (Å²) in [5, 5.41) is 2.05. The molecular formula is C28H32N2O6S. The van der Waals surface area contributed by atoms with E-state index in [2.05, 4.69) is 6.07 Å². The molecule has 196 valence electrons. The van der Waals surface area contributed by atoms with Crippen LogP contribution in [-0.2, 0) is 16.0 Å². The van der Waals surface area contributed by atoms with Crippen molar-refractivity contribution >= 4 is 23.2 Å². The van der Waals surface area contributed by atoms with Crippen LogP contribution in [0.5, 0.6) is 17.2 Å². The Kier molecular flexibility index (Phi) is 9.03. The van der Waals surface area contributed by atoms with Crippen LogP contribution in [0.3, 0.4) is 0 Å². The number of thiophene rings is 1. The zero-order chi connectivity index (χ0) is 26.2. The minimum Gasteiger partial charge on any atom is -0.497 e. The van der Waals surface area contributed by atoms with Crippen LogP contribution in [0.25, 0.3) is 0 Å². The second kappa shape index (κ2) is 12.6. The van der Waals surface area contributed by atoms with E-state index >= 15 is 0 Å². The van der Waals surface area contributed by atoms with Gasteiger partial charge in [-0.15, -0.1) is 11.3 Å². The van der Waals surface area contributed by atoms with E-state index in [4.69, 9.17) is 18.9 Å². The normalized spacial score (nSPS) is 14.6. The molecule has 1 aromatic heterocycles. The number of carbonyl (C=O) groups excluding carboxylic acids is 2. The predicted octanol–water partition coefficient (Wildman–Crippen LogP) is 4.06. The third-order valence-electron chi connectivity index (χ3n) is 6.40. The summed E-state index contributed by atoms with van der Waals surface area (Å²) in [6.45, 7) is 1.40. The predicted molar refractivity (Wildman–Crippen MR) is 142 cm³/mol. The molecule has 0 fully saturated rings. The molecule has 0 saturated carbocycles. The number of rotatable bonds is 11. The van der Waals surface area contributed by atoms with E-state index in [0.717, 1.165) is 12.0 Å². The largest absolute Gasteiger partial charge is 0.497 e. The van der Waals surface area contributed by atoms with Crippen molar-refractivity contribution in [1.29, 1.82) is 0 Å². The fourth-order valence-corrected chi connectivity index (χ4v) is 5.33. The third kappa shape index (κ3) is 6.23. The van der Waals surface area contributed by atoms with Crippen LogP contribution < -0.4 is 14.2 Å². The van der Waals surface area contributed by atoms with Gasteiger partial charge in [-0.05, 0) is 59.8 Å². The number of hydrogen-bond donors (Lipinski definition) is 0. The average molecular weight is 525 g/mol. The van der Waals surface area contributed by atoms with Gasteiger partial charge in [0.05, 0.1) is 26.9 Å². The van der Waals surface area contributed by atoms with Crippen molar-refractivity contribution in [2.75, 3.05) is 54.2 Å². The SMILES string of the molecule is COCCN(CC(=O)N1CCc2sccc2[C@H]1COc1ccccc1OC)C(=O)c1ccc(OC)cc1. The van der Waals surface area contributed by atoms with Crippen molar-refractivity contribution in [3.05, 3.63) is 76.0 Å². The highest BCUT2D eigenvalue weighted by Gasteiger charge is 2.33. The van der Waals surface area contributed by atoms with Gasteiger partial charge in [0.15, 0.2) is 11.5 Å². The summed E-state index contributed by atoms with van der Waals surface area (Å²) < 4.78 is 22.0. The summed E-state index contributed by atoms with van der Waals surface area (Å²) in [6.07, 6.45) is 0.772. The molecule has 9 heteroatoms. The molecule has 0 N–H and O–H groups in total. The zero-order valence-corrected chi connectivity index (χ0v) is 22.2. The summed E-state index contributed by atoms with van der Waals surface area (Å²) in [4.78, 5) is 31.6. The number of hydrogen-bond acceptors (Lipinski definition) is 7. The van der Waals surface area contributed by atoms with Crippen molar-refractivity contribution in [1.82, 2.24) is 9.80 Å². The summed E-state index contributed by atoms with van der Waals surface area (Å²) in [5.41, 5.74) is 1.57. The fraction of sp³-hybridized carbons (Fsp3) is 0.357. The smallest absolute Gasteiger partial charge is 0.254 e. The van der Waals surface area contributed by atoms with E-state index < -0.39 is 0 Å². The Morgan fingerprint density at radius 1 is 1.00 bits per heavy atom. The van der Waals surface area contributed by atoms with Crippen LogP contribution in [0, 0.1) is 0 Å². The zero-order valence-electron chi connectivity index (χ0n) is 21.3. The van der Waals surface area contributed by atoms with Crippen LogP contribution in [0.15, 0.2) is 60.0 Å². The van der Waals surface area contributed by atoms with Crippen LogP contribution in [0.2, 0.25) is 0 Å². The van der Waals surface area contributed by atoms with Crippen molar-refractivity contribution in [3.63, 3.8) is 0 Å². The van der Waals surface area contributed by atoms with Crippen LogP contribution in [0.1, 0.15) is 26.8 Å². The number of fused-ring (bicyclic) bond motifs is 1. The van der Waals surface area contributed by atoms with Gasteiger partial charge in [0, 0.05) is 30.6 Å². The van der Waals surface area contributed by atoms with E-state index in [1.807, 2.05) is 34.5 Å². The first-order valence-electron chi connectivity index (χ1n) is 12.1. The second-order valence-electron chi connectivity index (χ2n) is 8.56. The van der Waals surface area contributed by atoms with Crippen LogP contribution in [0.4, 0.5) is 0 Å². The number of benzene rings is 2. The van der Waals surface area contributed by atoms with Crippen molar-refractivity contribution < 1.29 is 28.5 Å². The molecule has 0 unspecified atom stereocenters. The lowest BCUT2D eigenvalue weighted by Crippen LogP contribution is -2.48. The lowest BCUT2D eigenvalue weighted by molar-refractivity contribution is -0.135. The van der Waals surface area contributed by atoms with Gasteiger partial charge in [-0.2, -0.15) is 0 Å². The molecule has 2 amide bonds. The lowest BCUT2D eigenvalue weighted by atomic mass is 10.0. The highest BCUT2D eigenvalue weighted by atomic mass is 32.1. The van der Waals surface area contributed by atoms with Crippen molar-refractivity contribution in [2.24, 2.45) is 0 Å². The number of nitrogens with zero attached hydrogens (tertiary/aromatic N) is 2. The molecule has 1 aliphatic heterocycles. The molecule has 1 aliphatic rings. The number of methoxy groups -OCH3 is 3. The Hall–Kier alpha value is -3.56. The molecule has 2 aromatic carbocycles. The average Bonchev–Trinajstić information content (AvgIpc) is 3.43. The Labute approximate surface area is 221 Å². The van der Waals surface area contributed by atoms with E-state index in [0.29, 0.717) is 42.5 Å². The van der Waals surface area contributed by atoms with Gasteiger partial charge >= 0.3 is 0 Å². The van der Waals surface area contributed by atoms with Gasteiger partial charge in [-0.1, -0.05) is 12.1 Å². The van der Waals surface area contributed by atoms with Crippen molar-refractivity contribution in [2.45, 2.75) is 12.5 Å². The number of amides is 2. The quantitative estimate of drug-likeness (QED) is 0.377. The Morgan fingerprint density at radius 2 is 1.76 bits per heavy atom. The topological polar surface area (TPSA) is 77.5 Å². The molecule has 2 heterocycles. The number of carbonyl (C=O) groups is 2. The Morgan fingerprint density at radius 3 is 2.46 bits per heavy atom. The molecule has 4 rings (SSSR count). The molecular weight excluding hydrogens is 492 g/mol. The van der Waals surface area contributed by atoms with Crippen LogP contribution >= 0.6 is 11.3 Å². The summed E-state index contributed by atoms with van der Waals surface area (Å²) in [7, 11) is 4.75. The molecule has 0 spiro atoms. The molecule has 3 aromatic rings. The fourth-order valence-electron chi connectivity index (χ4n) is 4.41. The first kappa shape index (κ1) is 26.5. The molecule has 0 aliphatic carbocycles. The molecule has 0 bridgehead atoms. The molecule has 37 heavy (non-hydrogen) atoms. The standard InChI is InChI=1S/C28H32N2O6S/c1-33-16-15-29(28(32)20-8-10-21(34-2)11-9-20)18-27(31)30-14-12-26-22(13-17-37-26)23(30)19-36-25-7-5-4-6-24(25)35-3/h4-11,13,17,23H,12,14-16,18-19H2,1-3H3/t23-/m1/s1. The molecule has 1 atom stereocenters. The van der Waals surface area contributed by atoms with Gasteiger partial charge in [0.25, 0.3) is 5.91 Å². The molecule has 0 saturated heterocycles. The Bertz CT molecular complexity index is 1200. The van der Waals surface area contributed by atoms with Gasteiger partial charge in [0.2, 0.25) is 5.91 Å². The van der Waals surface area contributed by atoms with E-state index in [1.54, 1.807) is 56.9 Å². The Balaban J connectivity index is 1.53. The summed E-state index contributed by atoms with van der Waals surface area (Å²) >= 11 is 1.69. The van der Waals surface area contributed by atoms with Crippen LogP contribution in [-0.4, -0.2) is 75.8 Å². The summed E-state index contributed by atoms with van der Waals surface area (Å²) in [5.74, 6) is 1.55. The summed E-state index contributed by atoms with van der Waals surface area (Å²) in [6, 6.07) is 16.1. The minimum absolute atomic E-state index is 0.0567. The monoisotopic (exact) mass is 524 g/mol. The highest BCUT2D eigenvalue weighted by molar-refractivity contribution is 7.10. The van der Waals surface area contributed by atoms with E-state index in [9.17, 15) is 9.59 Å². The molecule has 0 radical (unpaired) electrons. The second-order valence-corrected chi connectivity index (χ2v) is 9.56. The van der Waals surface area contributed by atoms with Gasteiger partial charge < -0.3 is 28.7 Å². The minimum atomic E-state index is -0.271. The highest BCUT2D eigenvalue weighted by Crippen LogP contribution is 2.35. The maximum Gasteiger partial charge on any atom is 0.254 e. The lowest BCUT2D eigenvalue weighted by Gasteiger charge is -2.37. The van der Waals surface area contributed by atoms with E-state index in [-0.39, 0.29) is 31.0 Å². The maximum absolute atomic E-state index is 13.7. The van der Waals surface area contributed by atoms with E-state index in [1.165, 1.54) is 9.78 Å². The maximum atomic E-state index is 13.7. The third-order valence-corrected chi connectivity index (χ3v) is 7.39. The number of ether oxygens (including phenoxy) is 4. The molecule has 8 nitrogen and oxygen atoms in total. The number of para-hydroxylation sites is 2. The van der Waals surface area contributed by atoms with Gasteiger partial charge in [-0.3, -0.25) is 9.59 Å². The first-order chi connectivity index (χ1) is 18.0.